The maximum atomic E-state index is 11.4. The normalized spacial score (nSPS) is 14.2. The van der Waals surface area contributed by atoms with Crippen molar-refractivity contribution in [2.75, 3.05) is 5.88 Å². The first-order valence-electron chi connectivity index (χ1n) is 5.67. The van der Waals surface area contributed by atoms with Gasteiger partial charge in [0.05, 0.1) is 12.0 Å². The summed E-state index contributed by atoms with van der Waals surface area (Å²) < 4.78 is 4.87. The smallest absolute Gasteiger partial charge is 0.351 e. The van der Waals surface area contributed by atoms with E-state index in [0.29, 0.717) is 10.9 Å². The standard InChI is InChI=1S/C13H11ClO6/c14-5-9(15)11(16)6-1-2-10-7(3-6)4-8(12(17)18)13(19)20-10/h1-4,9,11,15-16H,5H2,(H,17,18). The van der Waals surface area contributed by atoms with Crippen molar-refractivity contribution in [2.45, 2.75) is 12.2 Å². The summed E-state index contributed by atoms with van der Waals surface area (Å²) in [7, 11) is 0. The second kappa shape index (κ2) is 5.62. The average molecular weight is 299 g/mol. The van der Waals surface area contributed by atoms with E-state index >= 15 is 0 Å². The molecule has 0 radical (unpaired) electrons. The highest BCUT2D eigenvalue weighted by molar-refractivity contribution is 6.18. The van der Waals surface area contributed by atoms with Gasteiger partial charge < -0.3 is 19.7 Å². The third kappa shape index (κ3) is 2.67. The largest absolute Gasteiger partial charge is 0.477 e. The minimum absolute atomic E-state index is 0.149. The summed E-state index contributed by atoms with van der Waals surface area (Å²) in [6, 6.07) is 5.48. The summed E-state index contributed by atoms with van der Waals surface area (Å²) in [5, 5.41) is 28.5. The van der Waals surface area contributed by atoms with Crippen LogP contribution in [0.4, 0.5) is 0 Å². The van der Waals surface area contributed by atoms with E-state index in [0.717, 1.165) is 6.07 Å². The molecule has 2 rings (SSSR count). The fraction of sp³-hybridized carbons (Fsp3) is 0.231. The van der Waals surface area contributed by atoms with Crippen LogP contribution < -0.4 is 5.63 Å². The Bertz CT molecular complexity index is 708. The van der Waals surface area contributed by atoms with E-state index < -0.39 is 29.4 Å². The average Bonchev–Trinajstić information content (AvgIpc) is 2.44. The third-order valence-electron chi connectivity index (χ3n) is 2.85. The van der Waals surface area contributed by atoms with Crippen LogP contribution in [0.1, 0.15) is 22.0 Å². The SMILES string of the molecule is O=C(O)c1cc2cc(C(O)C(O)CCl)ccc2oc1=O. The number of fused-ring (bicyclic) bond motifs is 1. The number of carboxylic acid groups (broad SMARTS) is 1. The van der Waals surface area contributed by atoms with E-state index in [-0.39, 0.29) is 11.5 Å². The zero-order valence-electron chi connectivity index (χ0n) is 10.1. The van der Waals surface area contributed by atoms with Gasteiger partial charge in [-0.2, -0.15) is 0 Å². The molecule has 1 heterocycles. The number of hydrogen-bond acceptors (Lipinski definition) is 5. The minimum atomic E-state index is -1.40. The van der Waals surface area contributed by atoms with Gasteiger partial charge in [0.15, 0.2) is 0 Å². The molecular weight excluding hydrogens is 288 g/mol. The van der Waals surface area contributed by atoms with Crippen LogP contribution in [0.5, 0.6) is 0 Å². The predicted octanol–water partition coefficient (Wildman–Crippen LogP) is 1.12. The van der Waals surface area contributed by atoms with Crippen LogP contribution in [0.25, 0.3) is 11.0 Å². The number of aliphatic hydroxyl groups excluding tert-OH is 2. The van der Waals surface area contributed by atoms with Crippen molar-refractivity contribution in [2.24, 2.45) is 0 Å². The molecule has 106 valence electrons. The highest BCUT2D eigenvalue weighted by Crippen LogP contribution is 2.23. The first kappa shape index (κ1) is 14.5. The molecule has 3 N–H and O–H groups in total. The second-order valence-electron chi connectivity index (χ2n) is 4.22. The van der Waals surface area contributed by atoms with Crippen molar-refractivity contribution in [1.82, 2.24) is 0 Å². The molecule has 2 aromatic rings. The number of hydrogen-bond donors (Lipinski definition) is 3. The van der Waals surface area contributed by atoms with Crippen molar-refractivity contribution >= 4 is 28.5 Å². The van der Waals surface area contributed by atoms with E-state index in [4.69, 9.17) is 21.1 Å². The van der Waals surface area contributed by atoms with Crippen molar-refractivity contribution in [3.05, 3.63) is 45.8 Å². The van der Waals surface area contributed by atoms with E-state index in [1.807, 2.05) is 0 Å². The summed E-state index contributed by atoms with van der Waals surface area (Å²) in [4.78, 5) is 22.3. The highest BCUT2D eigenvalue weighted by Gasteiger charge is 2.19. The van der Waals surface area contributed by atoms with Crippen molar-refractivity contribution < 1.29 is 24.5 Å². The maximum Gasteiger partial charge on any atom is 0.351 e. The van der Waals surface area contributed by atoms with Crippen LogP contribution in [-0.2, 0) is 0 Å². The number of alkyl halides is 1. The Morgan fingerprint density at radius 1 is 1.30 bits per heavy atom. The fourth-order valence-electron chi connectivity index (χ4n) is 1.78. The molecule has 0 bridgehead atoms. The van der Waals surface area contributed by atoms with Gasteiger partial charge in [0.25, 0.3) is 0 Å². The lowest BCUT2D eigenvalue weighted by Crippen LogP contribution is -2.19. The lowest BCUT2D eigenvalue weighted by atomic mass is 10.0. The quantitative estimate of drug-likeness (QED) is 0.577. The number of carbonyl (C=O) groups is 1. The molecular formula is C13H11ClO6. The van der Waals surface area contributed by atoms with Crippen LogP contribution in [0.2, 0.25) is 0 Å². The molecule has 0 saturated carbocycles. The van der Waals surface area contributed by atoms with Crippen molar-refractivity contribution in [1.29, 1.82) is 0 Å². The molecule has 2 unspecified atom stereocenters. The summed E-state index contributed by atoms with van der Waals surface area (Å²) in [6.45, 7) is 0. The van der Waals surface area contributed by atoms with Gasteiger partial charge in [-0.1, -0.05) is 6.07 Å². The van der Waals surface area contributed by atoms with Crippen LogP contribution >= 0.6 is 11.6 Å². The lowest BCUT2D eigenvalue weighted by Gasteiger charge is -2.15. The van der Waals surface area contributed by atoms with Gasteiger partial charge in [-0.05, 0) is 23.8 Å². The number of aromatic carboxylic acids is 1. The lowest BCUT2D eigenvalue weighted by molar-refractivity contribution is 0.0328. The molecule has 1 aromatic carbocycles. The minimum Gasteiger partial charge on any atom is -0.477 e. The fourth-order valence-corrected chi connectivity index (χ4v) is 1.95. The van der Waals surface area contributed by atoms with E-state index in [2.05, 4.69) is 0 Å². The van der Waals surface area contributed by atoms with E-state index in [9.17, 15) is 19.8 Å². The number of carboxylic acids is 1. The summed E-state index contributed by atoms with van der Waals surface area (Å²) in [6.07, 6.45) is -2.36. The van der Waals surface area contributed by atoms with Gasteiger partial charge >= 0.3 is 11.6 Å². The Kier molecular flexibility index (Phi) is 4.08. The molecule has 0 saturated heterocycles. The first-order chi connectivity index (χ1) is 9.43. The van der Waals surface area contributed by atoms with Gasteiger partial charge in [0, 0.05) is 5.39 Å². The molecule has 20 heavy (non-hydrogen) atoms. The molecule has 0 aliphatic carbocycles. The Hall–Kier alpha value is -1.89. The van der Waals surface area contributed by atoms with Gasteiger partial charge in [0.2, 0.25) is 0 Å². The molecule has 0 fully saturated rings. The molecule has 2 atom stereocenters. The number of benzene rings is 1. The van der Waals surface area contributed by atoms with Crippen LogP contribution in [0.3, 0.4) is 0 Å². The Labute approximate surface area is 117 Å². The maximum absolute atomic E-state index is 11.4. The van der Waals surface area contributed by atoms with Gasteiger partial charge in [-0.15, -0.1) is 11.6 Å². The zero-order chi connectivity index (χ0) is 14.9. The van der Waals surface area contributed by atoms with Crippen molar-refractivity contribution in [3.8, 4) is 0 Å². The number of rotatable bonds is 4. The molecule has 7 heteroatoms. The van der Waals surface area contributed by atoms with Crippen LogP contribution in [0.15, 0.2) is 33.5 Å². The first-order valence-corrected chi connectivity index (χ1v) is 6.20. The van der Waals surface area contributed by atoms with E-state index in [1.54, 1.807) is 0 Å². The number of aliphatic hydroxyl groups is 2. The van der Waals surface area contributed by atoms with Gasteiger partial charge in [-0.25, -0.2) is 9.59 Å². The molecule has 0 aliphatic rings. The Morgan fingerprint density at radius 3 is 2.60 bits per heavy atom. The zero-order valence-corrected chi connectivity index (χ0v) is 10.9. The summed E-state index contributed by atoms with van der Waals surface area (Å²) in [5.41, 5.74) is -0.909. The summed E-state index contributed by atoms with van der Waals surface area (Å²) in [5.74, 6) is -1.55. The van der Waals surface area contributed by atoms with Gasteiger partial charge in [0.1, 0.15) is 17.3 Å². The molecule has 0 amide bonds. The third-order valence-corrected chi connectivity index (χ3v) is 3.17. The van der Waals surface area contributed by atoms with E-state index in [1.165, 1.54) is 18.2 Å². The Balaban J connectivity index is 2.55. The van der Waals surface area contributed by atoms with Crippen molar-refractivity contribution in [3.63, 3.8) is 0 Å². The molecule has 0 aliphatic heterocycles. The topological polar surface area (TPSA) is 108 Å². The highest BCUT2D eigenvalue weighted by atomic mass is 35.5. The number of halogens is 1. The predicted molar refractivity (Wildman–Crippen MR) is 71.1 cm³/mol. The molecule has 6 nitrogen and oxygen atoms in total. The molecule has 1 aromatic heterocycles. The van der Waals surface area contributed by atoms with Gasteiger partial charge in [-0.3, -0.25) is 0 Å². The summed E-state index contributed by atoms with van der Waals surface area (Å²) >= 11 is 5.45. The monoisotopic (exact) mass is 298 g/mol. The Morgan fingerprint density at radius 2 is 2.00 bits per heavy atom. The molecule has 0 spiro atoms. The van der Waals surface area contributed by atoms with Crippen LogP contribution in [0, 0.1) is 0 Å². The second-order valence-corrected chi connectivity index (χ2v) is 4.53. The van der Waals surface area contributed by atoms with Crippen LogP contribution in [-0.4, -0.2) is 33.3 Å².